The molecule has 1 aromatic carbocycles. The van der Waals surface area contributed by atoms with E-state index in [4.69, 9.17) is 10.8 Å². The van der Waals surface area contributed by atoms with Crippen LogP contribution in [0.1, 0.15) is 32.3 Å². The van der Waals surface area contributed by atoms with Crippen LogP contribution < -0.4 is 5.73 Å². The summed E-state index contributed by atoms with van der Waals surface area (Å²) in [5.74, 6) is -2.73. The van der Waals surface area contributed by atoms with E-state index >= 15 is 0 Å². The summed E-state index contributed by atoms with van der Waals surface area (Å²) in [6.45, 7) is 0. The number of phenolic OH excluding ortho intramolecular Hbond substituents is 1. The van der Waals surface area contributed by atoms with E-state index in [2.05, 4.69) is 4.74 Å². The number of benzene rings is 1. The highest BCUT2D eigenvalue weighted by molar-refractivity contribution is 5.94. The molecular weight excluding hydrogens is 242 g/mol. The number of phenols is 1. The summed E-state index contributed by atoms with van der Waals surface area (Å²) in [5, 5.41) is 18.4. The Morgan fingerprint density at radius 3 is 2.50 bits per heavy atom. The lowest BCUT2D eigenvalue weighted by atomic mass is 9.99. The first-order valence-electron chi connectivity index (χ1n) is 4.81. The maximum atomic E-state index is 11.3. The highest BCUT2D eigenvalue weighted by atomic mass is 16.5. The van der Waals surface area contributed by atoms with Gasteiger partial charge in [0, 0.05) is 5.56 Å². The molecule has 0 bridgehead atoms. The van der Waals surface area contributed by atoms with Crippen LogP contribution in [0.2, 0.25) is 0 Å². The van der Waals surface area contributed by atoms with Crippen LogP contribution in [0.25, 0.3) is 0 Å². The maximum Gasteiger partial charge on any atom is 0.337 e. The topological polar surface area (TPSA) is 127 Å². The number of methoxy groups -OCH3 is 1. The third kappa shape index (κ3) is 2.46. The van der Waals surface area contributed by atoms with Gasteiger partial charge in [0.2, 0.25) is 0 Å². The second kappa shape index (κ2) is 5.28. The van der Waals surface area contributed by atoms with Crippen LogP contribution in [0.15, 0.2) is 12.1 Å². The van der Waals surface area contributed by atoms with E-state index in [0.29, 0.717) is 6.29 Å². The molecule has 0 radical (unpaired) electrons. The predicted molar refractivity (Wildman–Crippen MR) is 59.4 cm³/mol. The molecule has 0 amide bonds. The summed E-state index contributed by atoms with van der Waals surface area (Å²) in [6, 6.07) is 0.618. The Bertz CT molecular complexity index is 511. The molecule has 1 atom stereocenters. The number of aldehydes is 1. The van der Waals surface area contributed by atoms with Crippen molar-refractivity contribution in [2.75, 3.05) is 7.11 Å². The van der Waals surface area contributed by atoms with Crippen LogP contribution in [0.4, 0.5) is 0 Å². The zero-order valence-electron chi connectivity index (χ0n) is 9.41. The van der Waals surface area contributed by atoms with Crippen molar-refractivity contribution in [2.24, 2.45) is 5.73 Å². The lowest BCUT2D eigenvalue weighted by Crippen LogP contribution is -2.21. The van der Waals surface area contributed by atoms with Crippen molar-refractivity contribution < 1.29 is 29.3 Å². The molecule has 96 valence electrons. The highest BCUT2D eigenvalue weighted by Crippen LogP contribution is 2.28. The number of hydrogen-bond donors (Lipinski definition) is 3. The molecule has 1 rings (SSSR count). The van der Waals surface area contributed by atoms with Gasteiger partial charge >= 0.3 is 11.9 Å². The van der Waals surface area contributed by atoms with E-state index in [1.807, 2.05) is 0 Å². The first-order valence-corrected chi connectivity index (χ1v) is 4.81. The number of carbonyl (C=O) groups excluding carboxylic acids is 2. The second-order valence-corrected chi connectivity index (χ2v) is 3.43. The number of rotatable bonds is 4. The third-order valence-electron chi connectivity index (χ3n) is 2.32. The van der Waals surface area contributed by atoms with Gasteiger partial charge in [-0.25, -0.2) is 4.79 Å². The molecule has 0 aliphatic carbocycles. The number of aliphatic carboxylic acids is 1. The highest BCUT2D eigenvalue weighted by Gasteiger charge is 2.23. The standard InChI is InChI=1S/C11H11NO6/c1-18-11(17)5-2-6(4-13)9(14)7(3-5)8(12)10(15)16/h2-4,8,14H,12H2,1H3,(H,15,16)/t8-/m0/s1. The number of esters is 1. The van der Waals surface area contributed by atoms with Gasteiger partial charge in [-0.15, -0.1) is 0 Å². The lowest BCUT2D eigenvalue weighted by Gasteiger charge is -2.12. The molecule has 0 fully saturated rings. The number of hydrogen-bond acceptors (Lipinski definition) is 6. The van der Waals surface area contributed by atoms with Gasteiger partial charge in [0.25, 0.3) is 0 Å². The van der Waals surface area contributed by atoms with Gasteiger partial charge in [0.05, 0.1) is 18.2 Å². The minimum atomic E-state index is -1.55. The molecule has 18 heavy (non-hydrogen) atoms. The summed E-state index contributed by atoms with van der Waals surface area (Å²) < 4.78 is 4.45. The Labute approximate surface area is 102 Å². The monoisotopic (exact) mass is 253 g/mol. The van der Waals surface area contributed by atoms with Crippen LogP contribution in [-0.2, 0) is 9.53 Å². The number of nitrogens with two attached hydrogens (primary N) is 1. The predicted octanol–water partition coefficient (Wildman–Crippen LogP) is 0.0757. The molecule has 0 aliphatic heterocycles. The van der Waals surface area contributed by atoms with Gasteiger partial charge in [0.1, 0.15) is 11.8 Å². The fraction of sp³-hybridized carbons (Fsp3) is 0.182. The number of carboxylic acid groups (broad SMARTS) is 1. The Morgan fingerprint density at radius 1 is 1.44 bits per heavy atom. The first-order chi connectivity index (χ1) is 8.42. The van der Waals surface area contributed by atoms with Gasteiger partial charge < -0.3 is 20.7 Å². The fourth-order valence-corrected chi connectivity index (χ4v) is 1.38. The summed E-state index contributed by atoms with van der Waals surface area (Å²) in [4.78, 5) is 32.8. The quantitative estimate of drug-likeness (QED) is 0.512. The van der Waals surface area contributed by atoms with Crippen molar-refractivity contribution in [1.82, 2.24) is 0 Å². The average Bonchev–Trinajstić information content (AvgIpc) is 2.37. The number of aromatic hydroxyl groups is 1. The number of carbonyl (C=O) groups is 3. The van der Waals surface area contributed by atoms with E-state index in [0.717, 1.165) is 19.2 Å². The van der Waals surface area contributed by atoms with E-state index in [-0.39, 0.29) is 16.7 Å². The largest absolute Gasteiger partial charge is 0.507 e. The zero-order chi connectivity index (χ0) is 13.9. The van der Waals surface area contributed by atoms with Crippen molar-refractivity contribution >= 4 is 18.2 Å². The van der Waals surface area contributed by atoms with Gasteiger partial charge in [0.15, 0.2) is 6.29 Å². The van der Waals surface area contributed by atoms with Crippen LogP contribution in [0.3, 0.4) is 0 Å². The van der Waals surface area contributed by atoms with Crippen LogP contribution in [0, 0.1) is 0 Å². The summed E-state index contributed by atoms with van der Waals surface area (Å²) in [5.41, 5.74) is 4.82. The maximum absolute atomic E-state index is 11.3. The van der Waals surface area contributed by atoms with Gasteiger partial charge in [-0.3, -0.25) is 9.59 Å². The molecule has 0 aromatic heterocycles. The second-order valence-electron chi connectivity index (χ2n) is 3.43. The number of carboxylic acids is 1. The summed E-state index contributed by atoms with van der Waals surface area (Å²) >= 11 is 0. The SMILES string of the molecule is COC(=O)c1cc(C=O)c(O)c([C@H](N)C(=O)O)c1. The van der Waals surface area contributed by atoms with Crippen molar-refractivity contribution in [3.8, 4) is 5.75 Å². The molecule has 0 unspecified atom stereocenters. The van der Waals surface area contributed by atoms with Crippen LogP contribution >= 0.6 is 0 Å². The number of ether oxygens (including phenoxy) is 1. The Morgan fingerprint density at radius 2 is 2.06 bits per heavy atom. The molecule has 0 aliphatic rings. The molecule has 0 saturated heterocycles. The minimum Gasteiger partial charge on any atom is -0.507 e. The third-order valence-corrected chi connectivity index (χ3v) is 2.32. The van der Waals surface area contributed by atoms with Crippen molar-refractivity contribution in [3.05, 3.63) is 28.8 Å². The Kier molecular flexibility index (Phi) is 4.01. The molecule has 1 aromatic rings. The molecule has 7 heteroatoms. The van der Waals surface area contributed by atoms with Gasteiger partial charge in [-0.05, 0) is 12.1 Å². The van der Waals surface area contributed by atoms with E-state index in [9.17, 15) is 19.5 Å². The van der Waals surface area contributed by atoms with Gasteiger partial charge in [-0.2, -0.15) is 0 Å². The first kappa shape index (κ1) is 13.7. The smallest absolute Gasteiger partial charge is 0.337 e. The molecule has 4 N–H and O–H groups in total. The Balaban J connectivity index is 3.45. The molecule has 0 heterocycles. The normalized spacial score (nSPS) is 11.7. The molecular formula is C11H11NO6. The van der Waals surface area contributed by atoms with E-state index < -0.39 is 23.7 Å². The Hall–Kier alpha value is -2.41. The van der Waals surface area contributed by atoms with E-state index in [1.54, 1.807) is 0 Å². The molecule has 0 spiro atoms. The average molecular weight is 253 g/mol. The minimum absolute atomic E-state index is 0.0656. The van der Waals surface area contributed by atoms with Gasteiger partial charge in [-0.1, -0.05) is 0 Å². The summed E-state index contributed by atoms with van der Waals surface area (Å²) in [6.07, 6.45) is 0.292. The fourth-order valence-electron chi connectivity index (χ4n) is 1.38. The van der Waals surface area contributed by atoms with Crippen molar-refractivity contribution in [2.45, 2.75) is 6.04 Å². The zero-order valence-corrected chi connectivity index (χ0v) is 9.41. The van der Waals surface area contributed by atoms with Crippen molar-refractivity contribution in [1.29, 1.82) is 0 Å². The van der Waals surface area contributed by atoms with Crippen LogP contribution in [-0.4, -0.2) is 35.5 Å². The van der Waals surface area contributed by atoms with Crippen molar-refractivity contribution in [3.63, 3.8) is 0 Å². The molecule has 7 nitrogen and oxygen atoms in total. The lowest BCUT2D eigenvalue weighted by molar-refractivity contribution is -0.138. The summed E-state index contributed by atoms with van der Waals surface area (Å²) in [7, 11) is 1.13. The molecule has 0 saturated carbocycles. The van der Waals surface area contributed by atoms with Crippen LogP contribution in [0.5, 0.6) is 5.75 Å². The van der Waals surface area contributed by atoms with E-state index in [1.165, 1.54) is 0 Å².